The molecule has 1 N–H and O–H groups in total. The number of aromatic nitrogens is 5. The maximum absolute atomic E-state index is 14.2. The number of morpholine rings is 1. The van der Waals surface area contributed by atoms with Gasteiger partial charge in [0.15, 0.2) is 5.82 Å². The molecule has 1 aliphatic heterocycles. The van der Waals surface area contributed by atoms with Gasteiger partial charge in [0.2, 0.25) is 17.8 Å². The van der Waals surface area contributed by atoms with Gasteiger partial charge in [0.1, 0.15) is 0 Å². The molecule has 0 spiro atoms. The molecule has 5 aromatic rings. The summed E-state index contributed by atoms with van der Waals surface area (Å²) in [5.41, 5.74) is 3.92. The summed E-state index contributed by atoms with van der Waals surface area (Å²) >= 11 is 0. The zero-order valence-electron chi connectivity index (χ0n) is 23.0. The predicted octanol–water partition coefficient (Wildman–Crippen LogP) is 6.08. The van der Waals surface area contributed by atoms with Gasteiger partial charge < -0.3 is 15.0 Å². The zero-order chi connectivity index (χ0) is 28.4. The van der Waals surface area contributed by atoms with Crippen molar-refractivity contribution in [2.24, 2.45) is 0 Å². The van der Waals surface area contributed by atoms with E-state index in [4.69, 9.17) is 9.72 Å². The monoisotopic (exact) mass is 555 g/mol. The molecule has 6 rings (SSSR count). The van der Waals surface area contributed by atoms with Crippen LogP contribution in [0.25, 0.3) is 28.1 Å². The number of fused-ring (bicyclic) bond motifs is 1. The topological polar surface area (TPSA) is 81.0 Å². The van der Waals surface area contributed by atoms with Crippen LogP contribution in [0.4, 0.5) is 20.7 Å². The summed E-state index contributed by atoms with van der Waals surface area (Å²) < 4.78 is 35.2. The molecule has 3 heterocycles. The number of para-hydroxylation sites is 2. The van der Waals surface area contributed by atoms with Gasteiger partial charge in [0.25, 0.3) is 6.43 Å². The first kappa shape index (κ1) is 26.8. The van der Waals surface area contributed by atoms with Crippen molar-refractivity contribution in [3.05, 3.63) is 90.3 Å². The van der Waals surface area contributed by atoms with Gasteiger partial charge >= 0.3 is 0 Å². The Balaban J connectivity index is 1.40. The highest BCUT2D eigenvalue weighted by Gasteiger charge is 2.27. The van der Waals surface area contributed by atoms with E-state index in [-0.39, 0.29) is 5.95 Å². The largest absolute Gasteiger partial charge is 0.378 e. The standard InChI is InChI=1S/C31H31F2N7O/c1-31(2,20-22-12-6-7-13-23(22)21-10-4-3-5-11-21)38-28-35-29(39-16-18-41-19-17-39)37-30(36-28)40-25-15-9-8-14-24(25)34-27(40)26(32)33/h3-15,26H,16-20H2,1-2H3,(H,35,36,37,38). The number of ether oxygens (including phenoxy) is 1. The van der Waals surface area contributed by atoms with E-state index < -0.39 is 17.8 Å². The lowest BCUT2D eigenvalue weighted by Crippen LogP contribution is -2.39. The maximum atomic E-state index is 14.2. The van der Waals surface area contributed by atoms with E-state index in [0.717, 1.165) is 11.1 Å². The third kappa shape index (κ3) is 5.74. The average molecular weight is 556 g/mol. The van der Waals surface area contributed by atoms with Gasteiger partial charge in [0.05, 0.1) is 24.2 Å². The molecule has 0 bridgehead atoms. The SMILES string of the molecule is CC(C)(Cc1ccccc1-c1ccccc1)Nc1nc(N2CCOCC2)nc(-n2c(C(F)F)nc3ccccc32)n1. The Kier molecular flexibility index (Phi) is 7.32. The Hall–Kier alpha value is -4.44. The van der Waals surface area contributed by atoms with Gasteiger partial charge in [0, 0.05) is 18.6 Å². The maximum Gasteiger partial charge on any atom is 0.296 e. The van der Waals surface area contributed by atoms with Crippen molar-refractivity contribution in [1.82, 2.24) is 24.5 Å². The molecule has 3 aromatic carbocycles. The number of benzene rings is 3. The molecule has 0 aliphatic carbocycles. The number of nitrogens with zero attached hydrogens (tertiary/aromatic N) is 6. The molecule has 8 nitrogen and oxygen atoms in total. The fourth-order valence-electron chi connectivity index (χ4n) is 5.21. The second-order valence-electron chi connectivity index (χ2n) is 10.7. The number of hydrogen-bond donors (Lipinski definition) is 1. The molecular formula is C31H31F2N7O. The summed E-state index contributed by atoms with van der Waals surface area (Å²) in [4.78, 5) is 20.2. The summed E-state index contributed by atoms with van der Waals surface area (Å²) in [6, 6.07) is 25.6. The van der Waals surface area contributed by atoms with E-state index in [1.165, 1.54) is 10.1 Å². The van der Waals surface area contributed by atoms with Crippen LogP contribution in [-0.4, -0.2) is 56.3 Å². The molecule has 0 radical (unpaired) electrons. The average Bonchev–Trinajstić information content (AvgIpc) is 3.38. The summed E-state index contributed by atoms with van der Waals surface area (Å²) in [7, 11) is 0. The van der Waals surface area contributed by atoms with Gasteiger partial charge in [-0.3, -0.25) is 4.57 Å². The minimum atomic E-state index is -2.81. The Morgan fingerprint density at radius 2 is 1.51 bits per heavy atom. The van der Waals surface area contributed by atoms with Crippen molar-refractivity contribution in [2.75, 3.05) is 36.5 Å². The first-order valence-electron chi connectivity index (χ1n) is 13.6. The van der Waals surface area contributed by atoms with Crippen LogP contribution in [0, 0.1) is 0 Å². The fraction of sp³-hybridized carbons (Fsp3) is 0.290. The van der Waals surface area contributed by atoms with E-state index >= 15 is 0 Å². The molecule has 0 unspecified atom stereocenters. The number of hydrogen-bond acceptors (Lipinski definition) is 7. The third-order valence-corrected chi connectivity index (χ3v) is 7.07. The van der Waals surface area contributed by atoms with Gasteiger partial charge in [-0.1, -0.05) is 66.7 Å². The van der Waals surface area contributed by atoms with E-state index in [1.807, 2.05) is 35.2 Å². The van der Waals surface area contributed by atoms with Gasteiger partial charge in [-0.05, 0) is 49.1 Å². The van der Waals surface area contributed by atoms with Crippen molar-refractivity contribution < 1.29 is 13.5 Å². The highest BCUT2D eigenvalue weighted by atomic mass is 19.3. The van der Waals surface area contributed by atoms with Crippen LogP contribution >= 0.6 is 0 Å². The van der Waals surface area contributed by atoms with Gasteiger partial charge in [-0.25, -0.2) is 13.8 Å². The summed E-state index contributed by atoms with van der Waals surface area (Å²) in [6.07, 6.45) is -2.14. The van der Waals surface area contributed by atoms with E-state index in [1.54, 1.807) is 24.3 Å². The normalized spacial score (nSPS) is 14.1. The number of halogens is 2. The number of rotatable bonds is 8. The molecular weight excluding hydrogens is 524 g/mol. The lowest BCUT2D eigenvalue weighted by atomic mass is 9.89. The van der Waals surface area contributed by atoms with Crippen LogP contribution in [0.3, 0.4) is 0 Å². The van der Waals surface area contributed by atoms with Gasteiger partial charge in [-0.2, -0.15) is 15.0 Å². The lowest BCUT2D eigenvalue weighted by Gasteiger charge is -2.30. The minimum Gasteiger partial charge on any atom is -0.378 e. The predicted molar refractivity (Wildman–Crippen MR) is 156 cm³/mol. The van der Waals surface area contributed by atoms with Crippen molar-refractivity contribution in [2.45, 2.75) is 32.2 Å². The van der Waals surface area contributed by atoms with E-state index in [0.29, 0.717) is 55.7 Å². The summed E-state index contributed by atoms with van der Waals surface area (Å²) in [6.45, 7) is 6.38. The van der Waals surface area contributed by atoms with Gasteiger partial charge in [-0.15, -0.1) is 0 Å². The minimum absolute atomic E-state index is 0.0912. The fourth-order valence-corrected chi connectivity index (χ4v) is 5.21. The molecule has 1 saturated heterocycles. The summed E-state index contributed by atoms with van der Waals surface area (Å²) in [5.74, 6) is 0.386. The summed E-state index contributed by atoms with van der Waals surface area (Å²) in [5, 5.41) is 3.48. The molecule has 41 heavy (non-hydrogen) atoms. The Labute approximate surface area is 237 Å². The Bertz CT molecular complexity index is 1650. The molecule has 0 atom stereocenters. The third-order valence-electron chi connectivity index (χ3n) is 7.07. The molecule has 210 valence electrons. The smallest absolute Gasteiger partial charge is 0.296 e. The van der Waals surface area contributed by atoms with Crippen LogP contribution in [0.15, 0.2) is 78.9 Å². The molecule has 0 amide bonds. The van der Waals surface area contributed by atoms with Crippen LogP contribution in [0.5, 0.6) is 0 Å². The Morgan fingerprint density at radius 1 is 0.829 bits per heavy atom. The van der Waals surface area contributed by atoms with Crippen LogP contribution in [0.2, 0.25) is 0 Å². The van der Waals surface area contributed by atoms with Crippen LogP contribution in [-0.2, 0) is 11.2 Å². The molecule has 0 saturated carbocycles. The molecule has 1 aliphatic rings. The molecule has 10 heteroatoms. The molecule has 2 aromatic heterocycles. The van der Waals surface area contributed by atoms with Crippen molar-refractivity contribution in [1.29, 1.82) is 0 Å². The van der Waals surface area contributed by atoms with E-state index in [2.05, 4.69) is 58.4 Å². The zero-order valence-corrected chi connectivity index (χ0v) is 23.0. The van der Waals surface area contributed by atoms with Crippen LogP contribution < -0.4 is 10.2 Å². The first-order chi connectivity index (χ1) is 19.9. The number of anilines is 2. The van der Waals surface area contributed by atoms with Crippen molar-refractivity contribution >= 4 is 22.9 Å². The Morgan fingerprint density at radius 3 is 2.29 bits per heavy atom. The quantitative estimate of drug-likeness (QED) is 0.248. The first-order valence-corrected chi connectivity index (χ1v) is 13.6. The van der Waals surface area contributed by atoms with Crippen molar-refractivity contribution in [3.8, 4) is 17.1 Å². The van der Waals surface area contributed by atoms with Crippen LogP contribution in [0.1, 0.15) is 31.7 Å². The lowest BCUT2D eigenvalue weighted by molar-refractivity contribution is 0.122. The number of alkyl halides is 2. The second kappa shape index (κ2) is 11.2. The number of nitrogens with one attached hydrogen (secondary N) is 1. The second-order valence-corrected chi connectivity index (χ2v) is 10.7. The molecule has 1 fully saturated rings. The highest BCUT2D eigenvalue weighted by molar-refractivity contribution is 5.77. The highest BCUT2D eigenvalue weighted by Crippen LogP contribution is 2.30. The van der Waals surface area contributed by atoms with E-state index in [9.17, 15) is 8.78 Å². The number of imidazole rings is 1. The van der Waals surface area contributed by atoms with Crippen molar-refractivity contribution in [3.63, 3.8) is 0 Å².